The summed E-state index contributed by atoms with van der Waals surface area (Å²) in [4.78, 5) is 45.0. The second-order valence-corrected chi connectivity index (χ2v) is 13.2. The number of carbonyl (C=O) groups excluding carboxylic acids is 3. The number of benzene rings is 1. The van der Waals surface area contributed by atoms with Crippen molar-refractivity contribution < 1.29 is 41.1 Å². The highest BCUT2D eigenvalue weighted by atomic mass is 32.2. The summed E-state index contributed by atoms with van der Waals surface area (Å²) in [5.74, 6) is -2.08. The quantitative estimate of drug-likeness (QED) is 0.227. The molecule has 2 N–H and O–H groups in total. The maximum absolute atomic E-state index is 14.9. The van der Waals surface area contributed by atoms with Crippen LogP contribution >= 0.6 is 0 Å². The lowest BCUT2D eigenvalue weighted by molar-refractivity contribution is -0.137. The molecule has 5 rings (SSSR count). The van der Waals surface area contributed by atoms with Gasteiger partial charge in [-0.25, -0.2) is 22.2 Å². The van der Waals surface area contributed by atoms with Gasteiger partial charge in [-0.05, 0) is 42.7 Å². The van der Waals surface area contributed by atoms with Gasteiger partial charge in [0.2, 0.25) is 11.8 Å². The summed E-state index contributed by atoms with van der Waals surface area (Å²) in [6, 6.07) is 8.25. The molecule has 2 aromatic heterocycles. The van der Waals surface area contributed by atoms with Crippen LogP contribution in [0.15, 0.2) is 54.7 Å². The number of hydrogen-bond acceptors (Lipinski definition) is 10. The molecule has 0 radical (unpaired) electrons. The summed E-state index contributed by atoms with van der Waals surface area (Å²) in [5.41, 5.74) is 0.832. The molecule has 0 fully saturated rings. The molecule has 4 bridgehead atoms. The van der Waals surface area contributed by atoms with E-state index >= 15 is 0 Å². The van der Waals surface area contributed by atoms with Crippen molar-refractivity contribution in [2.24, 2.45) is 0 Å². The zero-order chi connectivity index (χ0) is 33.4. The lowest BCUT2D eigenvalue weighted by atomic mass is 10.0. The minimum Gasteiger partial charge on any atom is -0.493 e. The van der Waals surface area contributed by atoms with Gasteiger partial charge in [-0.3, -0.25) is 19.3 Å². The average Bonchev–Trinajstić information content (AvgIpc) is 3.33. The number of halogens is 2. The zero-order valence-electron chi connectivity index (χ0n) is 25.3. The van der Waals surface area contributed by atoms with E-state index in [-0.39, 0.29) is 90.8 Å². The van der Waals surface area contributed by atoms with Crippen molar-refractivity contribution in [2.45, 2.75) is 37.9 Å². The summed E-state index contributed by atoms with van der Waals surface area (Å²) in [7, 11) is -3.67. The standard InChI is InChI=1S/C32H33F2N5O7S/c33-22-6-7-23-24-18-27(36-19-25(24)34)37-28-15-21(16-30(38-28)46-13-4-12-45-26(23)17-22)20-47(43,44)14-10-35-29(40)5-2-1-3-11-39-31(41)8-9-32(39)42/h6-9,15-19H,1-5,10-14,20H2,(H,35,40)(H,36,37,38). The van der Waals surface area contributed by atoms with Crippen molar-refractivity contribution >= 4 is 39.2 Å². The number of sulfone groups is 1. The third kappa shape index (κ3) is 9.31. The SMILES string of the molecule is O=C(CCCCCN1C(=O)C=CC1=O)NCCS(=O)(=O)Cc1cc2nc(c1)OCCCOc1cc(F)ccc1-c1cc(ncc1F)N2. The van der Waals surface area contributed by atoms with Crippen molar-refractivity contribution in [2.75, 3.05) is 37.4 Å². The molecule has 0 aliphatic carbocycles. The van der Waals surface area contributed by atoms with E-state index in [1.165, 1.54) is 48.6 Å². The first-order valence-corrected chi connectivity index (χ1v) is 16.9. The second-order valence-electron chi connectivity index (χ2n) is 11.0. The van der Waals surface area contributed by atoms with Gasteiger partial charge in [-0.2, -0.15) is 4.98 Å². The number of rotatable bonds is 11. The van der Waals surface area contributed by atoms with Crippen LogP contribution < -0.4 is 20.1 Å². The van der Waals surface area contributed by atoms with E-state index in [9.17, 15) is 31.6 Å². The molecule has 2 aliphatic rings. The molecule has 3 aromatic rings. The van der Waals surface area contributed by atoms with Crippen molar-refractivity contribution in [1.29, 1.82) is 0 Å². The van der Waals surface area contributed by atoms with Crippen LogP contribution in [0.25, 0.3) is 11.1 Å². The topological polar surface area (TPSA) is 157 Å². The number of imide groups is 1. The highest BCUT2D eigenvalue weighted by molar-refractivity contribution is 7.90. The fourth-order valence-electron chi connectivity index (χ4n) is 5.03. The lowest BCUT2D eigenvalue weighted by Gasteiger charge is -2.16. The van der Waals surface area contributed by atoms with Gasteiger partial charge in [0.1, 0.15) is 29.0 Å². The van der Waals surface area contributed by atoms with Gasteiger partial charge in [0.15, 0.2) is 9.84 Å². The van der Waals surface area contributed by atoms with Crippen LogP contribution in [0.2, 0.25) is 0 Å². The van der Waals surface area contributed by atoms with Crippen LogP contribution in [0.1, 0.15) is 37.7 Å². The number of carbonyl (C=O) groups is 3. The van der Waals surface area contributed by atoms with Crippen LogP contribution in [-0.2, 0) is 30.0 Å². The largest absolute Gasteiger partial charge is 0.493 e. The Morgan fingerprint density at radius 3 is 2.55 bits per heavy atom. The molecular formula is C32H33F2N5O7S. The number of pyridine rings is 2. The van der Waals surface area contributed by atoms with E-state index < -0.39 is 21.5 Å². The smallest absolute Gasteiger partial charge is 0.253 e. The molecule has 15 heteroatoms. The predicted octanol–water partition coefficient (Wildman–Crippen LogP) is 3.84. The molecule has 12 nitrogen and oxygen atoms in total. The van der Waals surface area contributed by atoms with E-state index in [4.69, 9.17) is 9.47 Å². The van der Waals surface area contributed by atoms with E-state index in [1.54, 1.807) is 0 Å². The summed E-state index contributed by atoms with van der Waals surface area (Å²) >= 11 is 0. The molecule has 1 aromatic carbocycles. The number of ether oxygens (including phenoxy) is 2. The summed E-state index contributed by atoms with van der Waals surface area (Å²) in [6.45, 7) is 0.509. The monoisotopic (exact) mass is 669 g/mol. The maximum atomic E-state index is 14.9. The van der Waals surface area contributed by atoms with Crippen LogP contribution in [-0.4, -0.2) is 73.1 Å². The molecule has 2 aliphatic heterocycles. The maximum Gasteiger partial charge on any atom is 0.253 e. The summed E-state index contributed by atoms with van der Waals surface area (Å²) in [5, 5.41) is 5.59. The zero-order valence-corrected chi connectivity index (χ0v) is 26.2. The summed E-state index contributed by atoms with van der Waals surface area (Å²) in [6.07, 6.45) is 5.74. The van der Waals surface area contributed by atoms with Gasteiger partial charge in [0.25, 0.3) is 11.8 Å². The number of amides is 3. The fraction of sp³-hybridized carbons (Fsp3) is 0.344. The summed E-state index contributed by atoms with van der Waals surface area (Å²) < 4.78 is 66.3. The molecule has 47 heavy (non-hydrogen) atoms. The minimum atomic E-state index is -3.67. The van der Waals surface area contributed by atoms with Crippen LogP contribution in [0, 0.1) is 11.6 Å². The molecule has 0 saturated heterocycles. The number of unbranched alkanes of at least 4 members (excludes halogenated alkanes) is 2. The molecule has 0 unspecified atom stereocenters. The van der Waals surface area contributed by atoms with E-state index in [2.05, 4.69) is 20.6 Å². The van der Waals surface area contributed by atoms with Crippen LogP contribution in [0.3, 0.4) is 0 Å². The van der Waals surface area contributed by atoms with Crippen LogP contribution in [0.4, 0.5) is 20.4 Å². The Bertz CT molecular complexity index is 1780. The number of fused-ring (bicyclic) bond motifs is 6. The first-order valence-electron chi connectivity index (χ1n) is 15.1. The van der Waals surface area contributed by atoms with Gasteiger partial charge in [-0.1, -0.05) is 6.42 Å². The first kappa shape index (κ1) is 33.4. The Labute approximate surface area is 270 Å². The van der Waals surface area contributed by atoms with Gasteiger partial charge in [0.05, 0.1) is 30.9 Å². The second kappa shape index (κ2) is 15.1. The molecule has 248 valence electrons. The van der Waals surface area contributed by atoms with E-state index in [1.807, 2.05) is 0 Å². The Hall–Kier alpha value is -4.92. The lowest BCUT2D eigenvalue weighted by Crippen LogP contribution is -2.31. The molecule has 0 spiro atoms. The third-order valence-corrected chi connectivity index (χ3v) is 8.91. The van der Waals surface area contributed by atoms with Crippen molar-refractivity contribution in [3.63, 3.8) is 0 Å². The van der Waals surface area contributed by atoms with Crippen molar-refractivity contribution in [3.05, 3.63) is 71.9 Å². The van der Waals surface area contributed by atoms with E-state index in [0.29, 0.717) is 36.8 Å². The average molecular weight is 670 g/mol. The Morgan fingerprint density at radius 2 is 1.74 bits per heavy atom. The van der Waals surface area contributed by atoms with Gasteiger partial charge in [0, 0.05) is 61.3 Å². The van der Waals surface area contributed by atoms with Crippen molar-refractivity contribution in [1.82, 2.24) is 20.2 Å². The molecule has 0 saturated carbocycles. The van der Waals surface area contributed by atoms with Gasteiger partial charge >= 0.3 is 0 Å². The molecular weight excluding hydrogens is 636 g/mol. The number of hydrogen-bond donors (Lipinski definition) is 2. The Balaban J connectivity index is 1.18. The Morgan fingerprint density at radius 1 is 0.957 bits per heavy atom. The number of nitrogens with zero attached hydrogens (tertiary/aromatic N) is 3. The van der Waals surface area contributed by atoms with Crippen LogP contribution in [0.5, 0.6) is 11.6 Å². The highest BCUT2D eigenvalue weighted by Crippen LogP contribution is 2.34. The minimum absolute atomic E-state index is 0.0726. The number of anilines is 2. The number of aromatic nitrogens is 2. The molecule has 3 amide bonds. The normalized spacial score (nSPS) is 14.5. The fourth-order valence-corrected chi connectivity index (χ4v) is 6.26. The first-order chi connectivity index (χ1) is 22.6. The highest BCUT2D eigenvalue weighted by Gasteiger charge is 2.22. The van der Waals surface area contributed by atoms with Gasteiger partial charge < -0.3 is 20.1 Å². The Kier molecular flexibility index (Phi) is 10.8. The molecule has 0 atom stereocenters. The predicted molar refractivity (Wildman–Crippen MR) is 168 cm³/mol. The van der Waals surface area contributed by atoms with E-state index in [0.717, 1.165) is 11.1 Å². The third-order valence-electron chi connectivity index (χ3n) is 7.31. The van der Waals surface area contributed by atoms with Gasteiger partial charge in [-0.15, -0.1) is 0 Å². The molecule has 4 heterocycles. The number of nitrogens with one attached hydrogen (secondary N) is 2. The van der Waals surface area contributed by atoms with Crippen molar-refractivity contribution in [3.8, 4) is 22.8 Å².